The molecule has 0 aromatic heterocycles. The number of carbonyl (C=O) groups excluding carboxylic acids is 1. The topological polar surface area (TPSA) is 17.1 Å². The highest BCUT2D eigenvalue weighted by atomic mass is 16.1. The molecule has 16 heavy (non-hydrogen) atoms. The van der Waals surface area contributed by atoms with Crippen LogP contribution in [0.15, 0.2) is 48.6 Å². The minimum Gasteiger partial charge on any atom is -0.299 e. The first-order chi connectivity index (χ1) is 7.88. The highest BCUT2D eigenvalue weighted by Gasteiger charge is 1.95. The van der Waals surface area contributed by atoms with Crippen LogP contribution in [0.5, 0.6) is 0 Å². The summed E-state index contributed by atoms with van der Waals surface area (Å²) in [4.78, 5) is 10.6. The van der Waals surface area contributed by atoms with Crippen LogP contribution in [0, 0.1) is 0 Å². The normalized spacial score (nSPS) is 11.9. The van der Waals surface area contributed by atoms with Crippen molar-refractivity contribution in [2.75, 3.05) is 0 Å². The zero-order valence-corrected chi connectivity index (χ0v) is 9.73. The molecule has 0 amide bonds. The van der Waals surface area contributed by atoms with E-state index in [1.54, 1.807) is 6.08 Å². The van der Waals surface area contributed by atoms with Crippen molar-refractivity contribution in [3.63, 3.8) is 0 Å². The van der Waals surface area contributed by atoms with Crippen molar-refractivity contribution in [2.45, 2.75) is 26.2 Å². The van der Waals surface area contributed by atoms with Gasteiger partial charge in [0.1, 0.15) is 6.29 Å². The van der Waals surface area contributed by atoms with Gasteiger partial charge in [-0.1, -0.05) is 62.2 Å². The third-order valence-electron chi connectivity index (χ3n) is 2.38. The monoisotopic (exact) mass is 214 g/mol. The molecule has 0 aliphatic rings. The summed E-state index contributed by atoms with van der Waals surface area (Å²) in [5, 5.41) is 0. The summed E-state index contributed by atoms with van der Waals surface area (Å²) >= 11 is 0. The van der Waals surface area contributed by atoms with Gasteiger partial charge in [0, 0.05) is 0 Å². The lowest BCUT2D eigenvalue weighted by Crippen LogP contribution is -1.81. The molecule has 0 bridgehead atoms. The van der Waals surface area contributed by atoms with Gasteiger partial charge in [0.2, 0.25) is 0 Å². The quantitative estimate of drug-likeness (QED) is 0.302. The van der Waals surface area contributed by atoms with E-state index < -0.39 is 0 Å². The molecule has 0 radical (unpaired) electrons. The first-order valence-corrected chi connectivity index (χ1v) is 5.76. The van der Waals surface area contributed by atoms with Crippen LogP contribution in [0.2, 0.25) is 0 Å². The van der Waals surface area contributed by atoms with Crippen molar-refractivity contribution in [3.8, 4) is 0 Å². The number of aldehydes is 1. The van der Waals surface area contributed by atoms with Gasteiger partial charge in [0.05, 0.1) is 0 Å². The molecule has 0 atom stereocenters. The molecule has 0 saturated heterocycles. The number of allylic oxidation sites excluding steroid dienone is 4. The van der Waals surface area contributed by atoms with Crippen LogP contribution in [0.4, 0.5) is 0 Å². The van der Waals surface area contributed by atoms with Crippen molar-refractivity contribution >= 4 is 11.9 Å². The molecule has 0 saturated carbocycles. The third-order valence-corrected chi connectivity index (χ3v) is 2.38. The Morgan fingerprint density at radius 3 is 2.62 bits per heavy atom. The predicted octanol–water partition coefficient (Wildman–Crippen LogP) is 4.02. The number of rotatable bonds is 6. The molecule has 1 aromatic rings. The Kier molecular flexibility index (Phi) is 5.94. The highest BCUT2D eigenvalue weighted by Crippen LogP contribution is 2.15. The van der Waals surface area contributed by atoms with Crippen molar-refractivity contribution in [3.05, 3.63) is 54.1 Å². The summed E-state index contributed by atoms with van der Waals surface area (Å²) < 4.78 is 0. The fourth-order valence-electron chi connectivity index (χ4n) is 1.48. The summed E-state index contributed by atoms with van der Waals surface area (Å²) in [5.74, 6) is 0. The Morgan fingerprint density at radius 1 is 1.25 bits per heavy atom. The molecule has 0 aliphatic carbocycles. The van der Waals surface area contributed by atoms with Crippen molar-refractivity contribution in [1.82, 2.24) is 0 Å². The van der Waals surface area contributed by atoms with Gasteiger partial charge in [-0.25, -0.2) is 0 Å². The summed E-state index contributed by atoms with van der Waals surface area (Å²) in [7, 11) is 0. The second-order valence-corrected chi connectivity index (χ2v) is 3.67. The second-order valence-electron chi connectivity index (χ2n) is 3.67. The average Bonchev–Trinajstić information content (AvgIpc) is 2.34. The molecular formula is C15H18O. The lowest BCUT2D eigenvalue weighted by atomic mass is 10.0. The Bertz CT molecular complexity index is 360. The first-order valence-electron chi connectivity index (χ1n) is 5.76. The molecule has 0 aliphatic heterocycles. The van der Waals surface area contributed by atoms with Gasteiger partial charge in [-0.05, 0) is 23.6 Å². The van der Waals surface area contributed by atoms with E-state index in [4.69, 9.17) is 0 Å². The number of hydrogen-bond acceptors (Lipinski definition) is 1. The van der Waals surface area contributed by atoms with E-state index in [1.165, 1.54) is 12.8 Å². The molecule has 1 heteroatoms. The summed E-state index contributed by atoms with van der Waals surface area (Å²) in [6.07, 6.45) is 10.1. The van der Waals surface area contributed by atoms with E-state index >= 15 is 0 Å². The molecule has 1 nitrogen and oxygen atoms in total. The lowest BCUT2D eigenvalue weighted by molar-refractivity contribution is -0.104. The van der Waals surface area contributed by atoms with Crippen molar-refractivity contribution in [2.24, 2.45) is 0 Å². The van der Waals surface area contributed by atoms with E-state index in [-0.39, 0.29) is 0 Å². The van der Waals surface area contributed by atoms with E-state index in [1.807, 2.05) is 36.4 Å². The van der Waals surface area contributed by atoms with Gasteiger partial charge in [0.25, 0.3) is 0 Å². The molecule has 84 valence electrons. The van der Waals surface area contributed by atoms with Crippen LogP contribution in [-0.4, -0.2) is 6.29 Å². The highest BCUT2D eigenvalue weighted by molar-refractivity contribution is 5.86. The lowest BCUT2D eigenvalue weighted by Gasteiger charge is -2.00. The zero-order valence-electron chi connectivity index (χ0n) is 9.73. The number of carbonyl (C=O) groups is 1. The SMILES string of the molecule is CCCC/C=C/C(=C\C=O)c1ccccc1. The van der Waals surface area contributed by atoms with Crippen molar-refractivity contribution < 1.29 is 4.79 Å². The van der Waals surface area contributed by atoms with Gasteiger partial charge in [-0.15, -0.1) is 0 Å². The van der Waals surface area contributed by atoms with Crippen LogP contribution in [0.1, 0.15) is 31.7 Å². The number of unbranched alkanes of at least 4 members (excludes halogenated alkanes) is 2. The van der Waals surface area contributed by atoms with Crippen LogP contribution in [-0.2, 0) is 4.79 Å². The minimum atomic E-state index is 0.840. The summed E-state index contributed by atoms with van der Waals surface area (Å²) in [6.45, 7) is 2.17. The predicted molar refractivity (Wildman–Crippen MR) is 69.1 cm³/mol. The fraction of sp³-hybridized carbons (Fsp3) is 0.267. The molecular weight excluding hydrogens is 196 g/mol. The smallest absolute Gasteiger partial charge is 0.143 e. The van der Waals surface area contributed by atoms with Gasteiger partial charge in [0.15, 0.2) is 0 Å². The summed E-state index contributed by atoms with van der Waals surface area (Å²) in [6, 6.07) is 9.96. The van der Waals surface area contributed by atoms with E-state index in [0.29, 0.717) is 0 Å². The fourth-order valence-corrected chi connectivity index (χ4v) is 1.48. The van der Waals surface area contributed by atoms with Crippen LogP contribution in [0.25, 0.3) is 5.57 Å². The maximum atomic E-state index is 10.6. The van der Waals surface area contributed by atoms with Crippen molar-refractivity contribution in [1.29, 1.82) is 0 Å². The van der Waals surface area contributed by atoms with Crippen LogP contribution >= 0.6 is 0 Å². The molecule has 1 aromatic carbocycles. The Hall–Kier alpha value is -1.63. The van der Waals surface area contributed by atoms with Gasteiger partial charge in [-0.2, -0.15) is 0 Å². The van der Waals surface area contributed by atoms with Gasteiger partial charge < -0.3 is 0 Å². The standard InChI is InChI=1S/C15H18O/c1-2-3-4-6-11-15(12-13-16)14-9-7-5-8-10-14/h5-13H,2-4H2,1H3/b11-6+,15-12+. The Labute approximate surface area is 97.5 Å². The molecule has 0 unspecified atom stereocenters. The minimum absolute atomic E-state index is 0.840. The first kappa shape index (κ1) is 12.4. The Morgan fingerprint density at radius 2 is 2.00 bits per heavy atom. The maximum absolute atomic E-state index is 10.6. The zero-order chi connectivity index (χ0) is 11.6. The van der Waals surface area contributed by atoms with Gasteiger partial charge >= 0.3 is 0 Å². The third kappa shape index (κ3) is 4.26. The van der Waals surface area contributed by atoms with Crippen LogP contribution in [0.3, 0.4) is 0 Å². The molecule has 0 spiro atoms. The average molecular weight is 214 g/mol. The number of benzene rings is 1. The number of hydrogen-bond donors (Lipinski definition) is 0. The molecule has 0 N–H and O–H groups in total. The maximum Gasteiger partial charge on any atom is 0.143 e. The largest absolute Gasteiger partial charge is 0.299 e. The second kappa shape index (κ2) is 7.63. The summed E-state index contributed by atoms with van der Waals surface area (Å²) in [5.41, 5.74) is 2.06. The van der Waals surface area contributed by atoms with E-state index in [0.717, 1.165) is 23.8 Å². The molecule has 0 fully saturated rings. The van der Waals surface area contributed by atoms with E-state index in [2.05, 4.69) is 13.0 Å². The van der Waals surface area contributed by atoms with Gasteiger partial charge in [-0.3, -0.25) is 4.79 Å². The van der Waals surface area contributed by atoms with Crippen LogP contribution < -0.4 is 0 Å². The molecule has 1 rings (SSSR count). The van der Waals surface area contributed by atoms with E-state index in [9.17, 15) is 4.79 Å². The Balaban J connectivity index is 2.73. The molecule has 0 heterocycles.